The van der Waals surface area contributed by atoms with Crippen molar-refractivity contribution in [2.45, 2.75) is 45.1 Å². The monoisotopic (exact) mass is 461 g/mol. The van der Waals surface area contributed by atoms with E-state index in [0.717, 1.165) is 53.5 Å². The number of amides is 2. The quantitative estimate of drug-likeness (QED) is 0.582. The van der Waals surface area contributed by atoms with E-state index in [1.54, 1.807) is 9.47 Å². The van der Waals surface area contributed by atoms with Crippen LogP contribution in [0.5, 0.6) is 5.75 Å². The smallest absolute Gasteiger partial charge is 0.418 e. The molecule has 2 aliphatic rings. The lowest BCUT2D eigenvalue weighted by Gasteiger charge is -2.44. The molecule has 2 aliphatic heterocycles. The topological polar surface area (TPSA) is 86.8 Å². The van der Waals surface area contributed by atoms with Gasteiger partial charge >= 0.3 is 12.1 Å². The molecule has 34 heavy (non-hydrogen) atoms. The van der Waals surface area contributed by atoms with Gasteiger partial charge in [0.2, 0.25) is 0 Å². The third-order valence-electron chi connectivity index (χ3n) is 6.98. The number of nitrogens with two attached hydrogens (primary N) is 1. The molecule has 7 nitrogen and oxygen atoms in total. The molecule has 3 heterocycles. The lowest BCUT2D eigenvalue weighted by molar-refractivity contribution is -0.00471. The molecule has 0 bridgehead atoms. The van der Waals surface area contributed by atoms with E-state index in [-0.39, 0.29) is 23.6 Å². The number of rotatable bonds is 3. The summed E-state index contributed by atoms with van der Waals surface area (Å²) in [5, 5.41) is 1.01. The molecular formula is C27H31N3O4. The number of nitrogens with zero attached hydrogens (tertiary/aromatic N) is 2. The molecule has 0 atom stereocenters. The van der Waals surface area contributed by atoms with Crippen LogP contribution in [-0.2, 0) is 11.2 Å². The SMILES string of the molecule is CC(C)COC(=O)n1cc(-c2ccc3c(c2)CCC2(CCN(C(N)=O)CC2)O3)c2ccccc21. The van der Waals surface area contributed by atoms with Gasteiger partial charge in [-0.15, -0.1) is 0 Å². The minimum absolute atomic E-state index is 0.226. The van der Waals surface area contributed by atoms with Crippen molar-refractivity contribution in [1.29, 1.82) is 0 Å². The van der Waals surface area contributed by atoms with E-state index >= 15 is 0 Å². The fourth-order valence-electron chi connectivity index (χ4n) is 5.04. The van der Waals surface area contributed by atoms with Gasteiger partial charge in [-0.3, -0.25) is 4.57 Å². The Morgan fingerprint density at radius 1 is 1.12 bits per heavy atom. The zero-order valence-electron chi connectivity index (χ0n) is 19.8. The minimum atomic E-state index is -0.360. The normalized spacial score (nSPS) is 17.0. The van der Waals surface area contributed by atoms with Crippen LogP contribution < -0.4 is 10.5 Å². The number of urea groups is 1. The maximum Gasteiger partial charge on any atom is 0.418 e. The fraction of sp³-hybridized carbons (Fsp3) is 0.407. The Morgan fingerprint density at radius 2 is 1.88 bits per heavy atom. The largest absolute Gasteiger partial charge is 0.487 e. The van der Waals surface area contributed by atoms with Crippen molar-refractivity contribution < 1.29 is 19.1 Å². The molecule has 3 aromatic rings. The number of likely N-dealkylation sites (tertiary alicyclic amines) is 1. The molecule has 0 saturated carbocycles. The van der Waals surface area contributed by atoms with Gasteiger partial charge in [-0.25, -0.2) is 9.59 Å². The first kappa shape index (κ1) is 22.3. The second kappa shape index (κ2) is 8.70. The molecule has 7 heteroatoms. The minimum Gasteiger partial charge on any atom is -0.487 e. The maximum atomic E-state index is 12.8. The van der Waals surface area contributed by atoms with Gasteiger partial charge in [0, 0.05) is 43.1 Å². The van der Waals surface area contributed by atoms with Gasteiger partial charge in [0.15, 0.2) is 0 Å². The summed E-state index contributed by atoms with van der Waals surface area (Å²) in [5.74, 6) is 1.18. The number of hydrogen-bond donors (Lipinski definition) is 1. The van der Waals surface area contributed by atoms with Crippen LogP contribution in [0.15, 0.2) is 48.7 Å². The van der Waals surface area contributed by atoms with Crippen molar-refractivity contribution in [2.75, 3.05) is 19.7 Å². The van der Waals surface area contributed by atoms with Crippen LogP contribution in [0.2, 0.25) is 0 Å². The predicted octanol–water partition coefficient (Wildman–Crippen LogP) is 5.19. The highest BCUT2D eigenvalue weighted by atomic mass is 16.5. The summed E-state index contributed by atoms with van der Waals surface area (Å²) in [5.41, 5.74) is 9.26. The third kappa shape index (κ3) is 4.11. The Kier molecular flexibility index (Phi) is 5.71. The van der Waals surface area contributed by atoms with E-state index in [1.165, 1.54) is 5.56 Å². The van der Waals surface area contributed by atoms with Crippen LogP contribution in [0.1, 0.15) is 38.7 Å². The number of benzene rings is 2. The van der Waals surface area contributed by atoms with E-state index in [4.69, 9.17) is 15.2 Å². The van der Waals surface area contributed by atoms with Crippen LogP contribution in [0, 0.1) is 5.92 Å². The lowest BCUT2D eigenvalue weighted by atomic mass is 9.82. The molecule has 2 N–H and O–H groups in total. The lowest BCUT2D eigenvalue weighted by Crippen LogP contribution is -2.52. The van der Waals surface area contributed by atoms with E-state index in [9.17, 15) is 9.59 Å². The van der Waals surface area contributed by atoms with E-state index in [1.807, 2.05) is 50.4 Å². The molecule has 1 spiro atoms. The summed E-state index contributed by atoms with van der Waals surface area (Å²) in [7, 11) is 0. The average molecular weight is 462 g/mol. The van der Waals surface area contributed by atoms with Crippen molar-refractivity contribution in [2.24, 2.45) is 11.7 Å². The molecule has 1 fully saturated rings. The zero-order chi connectivity index (χ0) is 23.9. The Labute approximate surface area is 199 Å². The molecule has 2 aromatic carbocycles. The number of aromatic nitrogens is 1. The third-order valence-corrected chi connectivity index (χ3v) is 6.98. The molecule has 0 radical (unpaired) electrons. The van der Waals surface area contributed by atoms with Crippen molar-refractivity contribution in [3.63, 3.8) is 0 Å². The molecule has 178 valence electrons. The van der Waals surface area contributed by atoms with Gasteiger partial charge in [0.25, 0.3) is 0 Å². The number of hydrogen-bond acceptors (Lipinski definition) is 4. The van der Waals surface area contributed by atoms with Crippen LogP contribution in [0.4, 0.5) is 9.59 Å². The van der Waals surface area contributed by atoms with Crippen molar-refractivity contribution >= 4 is 23.0 Å². The van der Waals surface area contributed by atoms with Gasteiger partial charge in [-0.1, -0.05) is 38.1 Å². The number of aryl methyl sites for hydroxylation is 1. The van der Waals surface area contributed by atoms with E-state index in [0.29, 0.717) is 19.7 Å². The second-order valence-corrected chi connectivity index (χ2v) is 9.83. The molecule has 1 saturated heterocycles. The highest BCUT2D eigenvalue weighted by Gasteiger charge is 2.40. The summed E-state index contributed by atoms with van der Waals surface area (Å²) in [6.07, 6.45) is 4.93. The van der Waals surface area contributed by atoms with E-state index in [2.05, 4.69) is 12.1 Å². The number of primary amides is 1. The van der Waals surface area contributed by atoms with Crippen LogP contribution in [-0.4, -0.2) is 46.9 Å². The number of fused-ring (bicyclic) bond motifs is 2. The summed E-state index contributed by atoms with van der Waals surface area (Å²) in [4.78, 5) is 25.9. The highest BCUT2D eigenvalue weighted by Crippen LogP contribution is 2.41. The van der Waals surface area contributed by atoms with Crippen LogP contribution >= 0.6 is 0 Å². The number of piperidine rings is 1. The summed E-state index contributed by atoms with van der Waals surface area (Å²) >= 11 is 0. The molecule has 5 rings (SSSR count). The zero-order valence-corrected chi connectivity index (χ0v) is 19.8. The summed E-state index contributed by atoms with van der Waals surface area (Å²) in [6, 6.07) is 13.8. The Hall–Kier alpha value is -3.48. The van der Waals surface area contributed by atoms with Gasteiger partial charge in [0.1, 0.15) is 11.4 Å². The fourth-order valence-corrected chi connectivity index (χ4v) is 5.04. The van der Waals surface area contributed by atoms with Crippen molar-refractivity contribution in [3.05, 3.63) is 54.2 Å². The van der Waals surface area contributed by atoms with Gasteiger partial charge < -0.3 is 20.1 Å². The number of ether oxygens (including phenoxy) is 2. The molecule has 0 aliphatic carbocycles. The van der Waals surface area contributed by atoms with Crippen LogP contribution in [0.25, 0.3) is 22.0 Å². The molecule has 2 amide bonds. The highest BCUT2D eigenvalue weighted by molar-refractivity contribution is 6.00. The Balaban J connectivity index is 1.42. The average Bonchev–Trinajstić information content (AvgIpc) is 3.22. The first-order valence-corrected chi connectivity index (χ1v) is 12.0. The summed E-state index contributed by atoms with van der Waals surface area (Å²) < 4.78 is 13.6. The van der Waals surface area contributed by atoms with Gasteiger partial charge in [-0.2, -0.15) is 0 Å². The standard InChI is InChI=1S/C27H31N3O4/c1-18(2)17-33-26(32)30-16-22(21-5-3-4-6-23(21)30)19-7-8-24-20(15-19)9-10-27(34-24)11-13-29(14-12-27)25(28)31/h3-8,15-16,18H,9-14,17H2,1-2H3,(H2,28,31). The van der Waals surface area contributed by atoms with E-state index < -0.39 is 0 Å². The summed E-state index contributed by atoms with van der Waals surface area (Å²) in [6.45, 7) is 5.69. The maximum absolute atomic E-state index is 12.8. The number of para-hydroxylation sites is 1. The molecular weight excluding hydrogens is 430 g/mol. The first-order valence-electron chi connectivity index (χ1n) is 12.0. The Morgan fingerprint density at radius 3 is 2.62 bits per heavy atom. The Bertz CT molecular complexity index is 1240. The predicted molar refractivity (Wildman–Crippen MR) is 131 cm³/mol. The van der Waals surface area contributed by atoms with Gasteiger partial charge in [0.05, 0.1) is 12.1 Å². The molecule has 1 aromatic heterocycles. The second-order valence-electron chi connectivity index (χ2n) is 9.83. The first-order chi connectivity index (χ1) is 16.3. The molecule has 0 unspecified atom stereocenters. The van der Waals surface area contributed by atoms with Crippen molar-refractivity contribution in [1.82, 2.24) is 9.47 Å². The van der Waals surface area contributed by atoms with Gasteiger partial charge in [-0.05, 0) is 48.1 Å². The van der Waals surface area contributed by atoms with Crippen molar-refractivity contribution in [3.8, 4) is 16.9 Å². The number of carbonyl (C=O) groups is 2. The number of carbonyl (C=O) groups excluding carboxylic acids is 2. The van der Waals surface area contributed by atoms with Crippen LogP contribution in [0.3, 0.4) is 0 Å².